The summed E-state index contributed by atoms with van der Waals surface area (Å²) in [6, 6.07) is 18.0. The molecular formula is C25H31N3O2S. The van der Waals surface area contributed by atoms with Gasteiger partial charge in [-0.2, -0.15) is 0 Å². The van der Waals surface area contributed by atoms with Crippen LogP contribution in [0.1, 0.15) is 25.8 Å². The minimum atomic E-state index is -0.0279. The van der Waals surface area contributed by atoms with Gasteiger partial charge in [0.25, 0.3) is 5.56 Å². The SMILES string of the molecule is CCN(CCCNC(=O)CSc1cc(=O)n(CC)c2ccccc12)c1cccc(C)c1. The summed E-state index contributed by atoms with van der Waals surface area (Å²) in [7, 11) is 0. The van der Waals surface area contributed by atoms with Gasteiger partial charge in [-0.05, 0) is 51.0 Å². The van der Waals surface area contributed by atoms with Crippen LogP contribution >= 0.6 is 11.8 Å². The summed E-state index contributed by atoms with van der Waals surface area (Å²) in [5, 5.41) is 4.02. The maximum atomic E-state index is 12.4. The van der Waals surface area contributed by atoms with E-state index in [0.29, 0.717) is 18.8 Å². The molecule has 0 saturated heterocycles. The zero-order chi connectivity index (χ0) is 22.2. The summed E-state index contributed by atoms with van der Waals surface area (Å²) >= 11 is 1.42. The van der Waals surface area contributed by atoms with Crippen LogP contribution in [0, 0.1) is 6.92 Å². The second kappa shape index (κ2) is 11.0. The highest BCUT2D eigenvalue weighted by molar-refractivity contribution is 8.00. The number of nitrogens with one attached hydrogen (secondary N) is 1. The zero-order valence-corrected chi connectivity index (χ0v) is 19.4. The molecule has 0 aliphatic heterocycles. The highest BCUT2D eigenvalue weighted by Gasteiger charge is 2.10. The topological polar surface area (TPSA) is 54.3 Å². The highest BCUT2D eigenvalue weighted by Crippen LogP contribution is 2.26. The molecule has 164 valence electrons. The molecule has 0 atom stereocenters. The molecule has 0 spiro atoms. The molecule has 3 rings (SSSR count). The van der Waals surface area contributed by atoms with Crippen LogP contribution in [-0.2, 0) is 11.3 Å². The Morgan fingerprint density at radius 3 is 2.65 bits per heavy atom. The Hall–Kier alpha value is -2.73. The van der Waals surface area contributed by atoms with Gasteiger partial charge in [0.1, 0.15) is 0 Å². The number of fused-ring (bicyclic) bond motifs is 1. The van der Waals surface area contributed by atoms with E-state index in [4.69, 9.17) is 0 Å². The molecular weight excluding hydrogens is 406 g/mol. The second-order valence-electron chi connectivity index (χ2n) is 7.52. The van der Waals surface area contributed by atoms with E-state index in [0.717, 1.165) is 35.3 Å². The van der Waals surface area contributed by atoms with Crippen LogP contribution in [0.5, 0.6) is 0 Å². The number of aryl methyl sites for hydroxylation is 2. The van der Waals surface area contributed by atoms with Gasteiger partial charge in [0.05, 0.1) is 11.3 Å². The first-order valence-corrected chi connectivity index (χ1v) is 11.9. The molecule has 0 saturated carbocycles. The Balaban J connectivity index is 1.51. The lowest BCUT2D eigenvalue weighted by atomic mass is 10.2. The Kier molecular flexibility index (Phi) is 8.18. The fourth-order valence-electron chi connectivity index (χ4n) is 3.74. The lowest BCUT2D eigenvalue weighted by Gasteiger charge is -2.23. The maximum absolute atomic E-state index is 12.4. The van der Waals surface area contributed by atoms with E-state index in [1.807, 2.05) is 31.2 Å². The van der Waals surface area contributed by atoms with Gasteiger partial charge >= 0.3 is 0 Å². The molecule has 0 bridgehead atoms. The molecule has 2 aromatic carbocycles. The number of nitrogens with zero attached hydrogens (tertiary/aromatic N) is 2. The van der Waals surface area contributed by atoms with Gasteiger partial charge in [-0.15, -0.1) is 11.8 Å². The zero-order valence-electron chi connectivity index (χ0n) is 18.6. The number of thioether (sulfide) groups is 1. The Morgan fingerprint density at radius 2 is 1.90 bits per heavy atom. The van der Waals surface area contributed by atoms with Crippen LogP contribution in [0.4, 0.5) is 5.69 Å². The summed E-state index contributed by atoms with van der Waals surface area (Å²) in [5.74, 6) is 0.293. The average Bonchev–Trinajstić information content (AvgIpc) is 2.77. The standard InChI is InChI=1S/C25H31N3O2S/c1-4-27(20-11-8-10-19(3)16-20)15-9-14-26-24(29)18-31-23-17-25(30)28(5-2)22-13-7-6-12-21(22)23/h6-8,10-13,16-17H,4-5,9,14-15,18H2,1-3H3,(H,26,29). The third kappa shape index (κ3) is 5.91. The van der Waals surface area contributed by atoms with E-state index >= 15 is 0 Å². The summed E-state index contributed by atoms with van der Waals surface area (Å²) < 4.78 is 1.76. The predicted molar refractivity (Wildman–Crippen MR) is 131 cm³/mol. The quantitative estimate of drug-likeness (QED) is 0.376. The molecule has 1 N–H and O–H groups in total. The molecule has 0 fully saturated rings. The first-order valence-electron chi connectivity index (χ1n) is 10.9. The molecule has 0 radical (unpaired) electrons. The van der Waals surface area contributed by atoms with Crippen molar-refractivity contribution in [2.75, 3.05) is 30.3 Å². The lowest BCUT2D eigenvalue weighted by Crippen LogP contribution is -2.30. The van der Waals surface area contributed by atoms with Crippen LogP contribution in [-0.4, -0.2) is 35.9 Å². The number of amides is 1. The van der Waals surface area contributed by atoms with Gasteiger partial charge in [-0.1, -0.05) is 30.3 Å². The van der Waals surface area contributed by atoms with Crippen molar-refractivity contribution in [3.8, 4) is 0 Å². The minimum Gasteiger partial charge on any atom is -0.372 e. The van der Waals surface area contributed by atoms with Crippen molar-refractivity contribution in [1.82, 2.24) is 9.88 Å². The number of rotatable bonds is 10. The first-order chi connectivity index (χ1) is 15.0. The number of hydrogen-bond acceptors (Lipinski definition) is 4. The van der Waals surface area contributed by atoms with Crippen molar-refractivity contribution in [2.45, 2.75) is 38.6 Å². The Bertz CT molecular complexity index is 1090. The summed E-state index contributed by atoms with van der Waals surface area (Å²) in [6.45, 7) is 9.31. The van der Waals surface area contributed by atoms with E-state index in [2.05, 4.69) is 48.3 Å². The molecule has 1 aromatic heterocycles. The summed E-state index contributed by atoms with van der Waals surface area (Å²) in [6.07, 6.45) is 0.883. The van der Waals surface area contributed by atoms with Gasteiger partial charge < -0.3 is 14.8 Å². The van der Waals surface area contributed by atoms with E-state index in [1.165, 1.54) is 23.0 Å². The molecule has 0 aliphatic rings. The summed E-state index contributed by atoms with van der Waals surface area (Å²) in [4.78, 5) is 28.0. The van der Waals surface area contributed by atoms with Gasteiger partial charge in [-0.3, -0.25) is 9.59 Å². The van der Waals surface area contributed by atoms with Crippen molar-refractivity contribution in [3.63, 3.8) is 0 Å². The average molecular weight is 438 g/mol. The number of anilines is 1. The Morgan fingerprint density at radius 1 is 1.10 bits per heavy atom. The molecule has 1 amide bonds. The van der Waals surface area contributed by atoms with Crippen molar-refractivity contribution in [3.05, 3.63) is 70.5 Å². The van der Waals surface area contributed by atoms with Crippen LogP contribution in [0.2, 0.25) is 0 Å². The van der Waals surface area contributed by atoms with Crippen molar-refractivity contribution < 1.29 is 4.79 Å². The fourth-order valence-corrected chi connectivity index (χ4v) is 4.64. The van der Waals surface area contributed by atoms with E-state index < -0.39 is 0 Å². The predicted octanol–water partition coefficient (Wildman–Crippen LogP) is 4.45. The molecule has 0 unspecified atom stereocenters. The smallest absolute Gasteiger partial charge is 0.252 e. The van der Waals surface area contributed by atoms with Gasteiger partial charge in [0, 0.05) is 48.2 Å². The van der Waals surface area contributed by atoms with Gasteiger partial charge in [0.2, 0.25) is 5.91 Å². The number of carbonyl (C=O) groups excluding carboxylic acids is 1. The molecule has 1 heterocycles. The number of para-hydroxylation sites is 1. The van der Waals surface area contributed by atoms with E-state index in [1.54, 1.807) is 10.6 Å². The normalized spacial score (nSPS) is 10.9. The molecule has 6 heteroatoms. The fraction of sp³-hybridized carbons (Fsp3) is 0.360. The van der Waals surface area contributed by atoms with Crippen LogP contribution in [0.25, 0.3) is 10.9 Å². The molecule has 3 aromatic rings. The second-order valence-corrected chi connectivity index (χ2v) is 8.54. The number of aromatic nitrogens is 1. The molecule has 31 heavy (non-hydrogen) atoms. The third-order valence-corrected chi connectivity index (χ3v) is 6.39. The van der Waals surface area contributed by atoms with Gasteiger partial charge in [-0.25, -0.2) is 0 Å². The van der Waals surface area contributed by atoms with E-state index in [9.17, 15) is 9.59 Å². The Labute approximate surface area is 188 Å². The summed E-state index contributed by atoms with van der Waals surface area (Å²) in [5.41, 5.74) is 3.36. The minimum absolute atomic E-state index is 0.00708. The lowest BCUT2D eigenvalue weighted by molar-refractivity contribution is -0.118. The maximum Gasteiger partial charge on any atom is 0.252 e. The number of benzene rings is 2. The van der Waals surface area contributed by atoms with Crippen LogP contribution < -0.4 is 15.8 Å². The van der Waals surface area contributed by atoms with Crippen LogP contribution in [0.3, 0.4) is 0 Å². The van der Waals surface area contributed by atoms with Crippen molar-refractivity contribution in [2.24, 2.45) is 0 Å². The molecule has 0 aliphatic carbocycles. The first kappa shape index (κ1) is 22.9. The third-order valence-electron chi connectivity index (χ3n) is 5.33. The number of carbonyl (C=O) groups is 1. The number of pyridine rings is 1. The van der Waals surface area contributed by atoms with Crippen molar-refractivity contribution >= 4 is 34.3 Å². The largest absolute Gasteiger partial charge is 0.372 e. The monoisotopic (exact) mass is 437 g/mol. The van der Waals surface area contributed by atoms with Crippen LogP contribution in [0.15, 0.2) is 64.3 Å². The molecule has 5 nitrogen and oxygen atoms in total. The number of hydrogen-bond donors (Lipinski definition) is 1. The highest BCUT2D eigenvalue weighted by atomic mass is 32.2. The van der Waals surface area contributed by atoms with Gasteiger partial charge in [0.15, 0.2) is 0 Å². The van der Waals surface area contributed by atoms with Crippen molar-refractivity contribution in [1.29, 1.82) is 0 Å². The van der Waals surface area contributed by atoms with E-state index in [-0.39, 0.29) is 11.5 Å².